The van der Waals surface area contributed by atoms with Crippen LogP contribution in [0.2, 0.25) is 0 Å². The third-order valence-electron chi connectivity index (χ3n) is 6.60. The number of hydrogen-bond donors (Lipinski definition) is 1. The molecule has 0 bridgehead atoms. The molecular weight excluding hydrogens is 499 g/mol. The maximum atomic E-state index is 14.2. The molecule has 2 unspecified atom stereocenters. The van der Waals surface area contributed by atoms with Crippen LogP contribution in [0.1, 0.15) is 37.2 Å². The summed E-state index contributed by atoms with van der Waals surface area (Å²) in [6.45, 7) is 2.68. The quantitative estimate of drug-likeness (QED) is 0.406. The van der Waals surface area contributed by atoms with Gasteiger partial charge in [-0.25, -0.2) is 13.8 Å². The van der Waals surface area contributed by atoms with E-state index in [1.54, 1.807) is 4.90 Å². The van der Waals surface area contributed by atoms with Crippen LogP contribution in [0, 0.1) is 17.6 Å². The lowest BCUT2D eigenvalue weighted by atomic mass is 9.90. The predicted molar refractivity (Wildman–Crippen MR) is 123 cm³/mol. The lowest BCUT2D eigenvalue weighted by Gasteiger charge is -2.40. The Morgan fingerprint density at radius 3 is 2.65 bits per heavy atom. The number of aliphatic hydroxyl groups excluding tert-OH is 1. The van der Waals surface area contributed by atoms with Crippen LogP contribution >= 0.6 is 0 Å². The Morgan fingerprint density at radius 1 is 1.19 bits per heavy atom. The van der Waals surface area contributed by atoms with Crippen molar-refractivity contribution >= 4 is 22.5 Å². The normalized spacial score (nSPS) is 18.9. The summed E-state index contributed by atoms with van der Waals surface area (Å²) in [7, 11) is 0. The number of alkyl halides is 3. The van der Waals surface area contributed by atoms with Crippen molar-refractivity contribution in [2.45, 2.75) is 51.6 Å². The van der Waals surface area contributed by atoms with Gasteiger partial charge in [-0.1, -0.05) is 13.8 Å². The van der Waals surface area contributed by atoms with Gasteiger partial charge in [-0.2, -0.15) is 18.3 Å². The number of piperidine rings is 1. The van der Waals surface area contributed by atoms with Crippen LogP contribution in [0.15, 0.2) is 30.7 Å². The summed E-state index contributed by atoms with van der Waals surface area (Å²) >= 11 is 0. The molecule has 2 atom stereocenters. The zero-order valence-corrected chi connectivity index (χ0v) is 19.9. The molecule has 13 heteroatoms. The number of aliphatic hydroxyl groups is 1. The number of halogens is 5. The van der Waals surface area contributed by atoms with Gasteiger partial charge in [0.05, 0.1) is 23.5 Å². The van der Waals surface area contributed by atoms with Crippen LogP contribution in [0.5, 0.6) is 0 Å². The molecule has 8 nitrogen and oxygen atoms in total. The van der Waals surface area contributed by atoms with E-state index in [1.807, 2.05) is 13.8 Å². The second kappa shape index (κ2) is 9.05. The highest BCUT2D eigenvalue weighted by molar-refractivity contribution is 5.99. The number of carbonyl (C=O) groups is 1. The van der Waals surface area contributed by atoms with Crippen LogP contribution < -0.4 is 0 Å². The van der Waals surface area contributed by atoms with Crippen LogP contribution in [0.4, 0.5) is 22.0 Å². The van der Waals surface area contributed by atoms with Crippen LogP contribution in [-0.4, -0.2) is 64.9 Å². The number of fused-ring (bicyclic) bond motifs is 2. The Kier molecular flexibility index (Phi) is 6.13. The van der Waals surface area contributed by atoms with E-state index in [1.165, 1.54) is 18.5 Å². The number of aromatic nitrogens is 5. The van der Waals surface area contributed by atoms with Gasteiger partial charge in [0.1, 0.15) is 23.7 Å². The van der Waals surface area contributed by atoms with Gasteiger partial charge < -0.3 is 10.0 Å². The summed E-state index contributed by atoms with van der Waals surface area (Å²) in [6.07, 6.45) is -1.02. The number of amides is 1. The Balaban J connectivity index is 1.63. The lowest BCUT2D eigenvalue weighted by molar-refractivity contribution is -0.141. The second-order valence-corrected chi connectivity index (χ2v) is 9.54. The third kappa shape index (κ3) is 4.63. The molecule has 4 aromatic heterocycles. The SMILES string of the molecule is CC(C)C1CC(O)CCN1C(=O)c1cc2c(cn1)c(-c1cnc3c(F)cc(F)cn13)nn2CC(F)(F)F. The molecule has 37 heavy (non-hydrogen) atoms. The highest BCUT2D eigenvalue weighted by Crippen LogP contribution is 2.32. The molecule has 4 aromatic rings. The number of imidazole rings is 1. The van der Waals surface area contributed by atoms with E-state index in [0.717, 1.165) is 10.6 Å². The van der Waals surface area contributed by atoms with Crippen molar-refractivity contribution in [2.75, 3.05) is 6.54 Å². The highest BCUT2D eigenvalue weighted by Gasteiger charge is 2.35. The van der Waals surface area contributed by atoms with Crippen molar-refractivity contribution in [2.24, 2.45) is 5.92 Å². The minimum absolute atomic E-state index is 0.0179. The monoisotopic (exact) mass is 522 g/mol. The van der Waals surface area contributed by atoms with Crippen molar-refractivity contribution in [3.05, 3.63) is 48.1 Å². The minimum Gasteiger partial charge on any atom is -0.393 e. The first kappa shape index (κ1) is 25.1. The van der Waals surface area contributed by atoms with Gasteiger partial charge in [0, 0.05) is 36.4 Å². The van der Waals surface area contributed by atoms with E-state index in [9.17, 15) is 31.9 Å². The Bertz CT molecular complexity index is 1490. The molecule has 1 amide bonds. The zero-order chi connectivity index (χ0) is 26.6. The lowest BCUT2D eigenvalue weighted by Crippen LogP contribution is -2.50. The van der Waals surface area contributed by atoms with E-state index in [-0.39, 0.29) is 52.1 Å². The number of nitrogens with zero attached hydrogens (tertiary/aromatic N) is 6. The van der Waals surface area contributed by atoms with E-state index in [0.29, 0.717) is 23.6 Å². The Morgan fingerprint density at radius 2 is 1.95 bits per heavy atom. The van der Waals surface area contributed by atoms with Crippen molar-refractivity contribution in [3.63, 3.8) is 0 Å². The van der Waals surface area contributed by atoms with Gasteiger partial charge in [-0.05, 0) is 24.8 Å². The van der Waals surface area contributed by atoms with Gasteiger partial charge in [0.2, 0.25) is 0 Å². The van der Waals surface area contributed by atoms with Gasteiger partial charge in [0.15, 0.2) is 11.5 Å². The molecule has 5 heterocycles. The molecule has 5 rings (SSSR count). The van der Waals surface area contributed by atoms with E-state index in [4.69, 9.17) is 0 Å². The molecule has 1 N–H and O–H groups in total. The van der Waals surface area contributed by atoms with Crippen molar-refractivity contribution in [1.29, 1.82) is 0 Å². The molecule has 1 fully saturated rings. The van der Waals surface area contributed by atoms with Gasteiger partial charge in [-0.15, -0.1) is 0 Å². The molecular formula is C24H23F5N6O2. The van der Waals surface area contributed by atoms with Crippen molar-refractivity contribution in [3.8, 4) is 11.4 Å². The van der Waals surface area contributed by atoms with Crippen LogP contribution in [-0.2, 0) is 6.54 Å². The summed E-state index contributed by atoms with van der Waals surface area (Å²) in [5, 5.41) is 14.3. The molecule has 196 valence electrons. The van der Waals surface area contributed by atoms with E-state index >= 15 is 0 Å². The maximum Gasteiger partial charge on any atom is 0.408 e. The van der Waals surface area contributed by atoms with Crippen LogP contribution in [0.25, 0.3) is 27.9 Å². The average Bonchev–Trinajstić information content (AvgIpc) is 3.38. The third-order valence-corrected chi connectivity index (χ3v) is 6.60. The van der Waals surface area contributed by atoms with Gasteiger partial charge in [0.25, 0.3) is 5.91 Å². The number of pyridine rings is 2. The standard InChI is InChI=1S/C24H23F5N6O2/c1-12(2)18-6-14(36)3-4-33(18)23(37)17-7-19-15(8-30-17)21(32-35(19)11-24(27,28)29)20-9-31-22-16(26)5-13(25)10-34(20)22/h5,7-10,12,14,18,36H,3-4,6,11H2,1-2H3. The van der Waals surface area contributed by atoms with Crippen molar-refractivity contribution in [1.82, 2.24) is 29.0 Å². The summed E-state index contributed by atoms with van der Waals surface area (Å²) in [4.78, 5) is 23.1. The topological polar surface area (TPSA) is 88.5 Å². The second-order valence-electron chi connectivity index (χ2n) is 9.54. The Labute approximate surface area is 207 Å². The number of carbonyl (C=O) groups excluding carboxylic acids is 1. The van der Waals surface area contributed by atoms with Gasteiger partial charge >= 0.3 is 6.18 Å². The van der Waals surface area contributed by atoms with E-state index < -0.39 is 36.4 Å². The molecule has 1 aliphatic rings. The highest BCUT2D eigenvalue weighted by atomic mass is 19.4. The minimum atomic E-state index is -4.63. The summed E-state index contributed by atoms with van der Waals surface area (Å²) < 4.78 is 70.1. The fourth-order valence-electron chi connectivity index (χ4n) is 4.86. The fourth-order valence-corrected chi connectivity index (χ4v) is 4.86. The van der Waals surface area contributed by atoms with E-state index in [2.05, 4.69) is 15.1 Å². The molecule has 1 saturated heterocycles. The summed E-state index contributed by atoms with van der Waals surface area (Å²) in [6, 6.07) is 1.63. The summed E-state index contributed by atoms with van der Waals surface area (Å²) in [5.41, 5.74) is -0.272. The Hall–Kier alpha value is -3.61. The number of hydrogen-bond acceptors (Lipinski definition) is 5. The predicted octanol–water partition coefficient (Wildman–Crippen LogP) is 4.21. The summed E-state index contributed by atoms with van der Waals surface area (Å²) in [5.74, 6) is -2.27. The maximum absolute atomic E-state index is 14.2. The number of rotatable bonds is 4. The van der Waals surface area contributed by atoms with Crippen LogP contribution in [0.3, 0.4) is 0 Å². The largest absolute Gasteiger partial charge is 0.408 e. The molecule has 0 aromatic carbocycles. The molecule has 0 saturated carbocycles. The molecule has 0 spiro atoms. The first-order chi connectivity index (χ1) is 17.4. The van der Waals surface area contributed by atoms with Gasteiger partial charge in [-0.3, -0.25) is 18.9 Å². The number of likely N-dealkylation sites (tertiary alicyclic amines) is 1. The first-order valence-electron chi connectivity index (χ1n) is 11.7. The molecule has 1 aliphatic heterocycles. The van der Waals surface area contributed by atoms with Crippen molar-refractivity contribution < 1.29 is 31.9 Å². The molecule has 0 aliphatic carbocycles. The molecule has 0 radical (unpaired) electrons. The zero-order valence-electron chi connectivity index (χ0n) is 19.9. The smallest absolute Gasteiger partial charge is 0.393 e. The first-order valence-corrected chi connectivity index (χ1v) is 11.7. The average molecular weight is 522 g/mol. The fraction of sp³-hybridized carbons (Fsp3) is 0.417.